The normalized spacial score (nSPS) is 15.8. The Kier molecular flexibility index (Phi) is 7.10. The van der Waals surface area contributed by atoms with Gasteiger partial charge in [0.25, 0.3) is 0 Å². The molecule has 122 valence electrons. The van der Waals surface area contributed by atoms with Crippen LogP contribution >= 0.6 is 11.8 Å². The van der Waals surface area contributed by atoms with Gasteiger partial charge in [-0.25, -0.2) is 0 Å². The maximum absolute atomic E-state index is 11.9. The van der Waals surface area contributed by atoms with Crippen LogP contribution in [0.3, 0.4) is 0 Å². The van der Waals surface area contributed by atoms with Crippen molar-refractivity contribution in [3.63, 3.8) is 0 Å². The number of benzene rings is 1. The number of amides is 1. The van der Waals surface area contributed by atoms with E-state index in [1.165, 1.54) is 12.0 Å². The molecule has 0 radical (unpaired) electrons. The summed E-state index contributed by atoms with van der Waals surface area (Å²) in [5.74, 6) is 2.63. The van der Waals surface area contributed by atoms with Gasteiger partial charge in [-0.2, -0.15) is 11.8 Å². The molecule has 4 heteroatoms. The Labute approximate surface area is 138 Å². The first-order valence-corrected chi connectivity index (χ1v) is 9.60. The standard InChI is InChI=1S/C18H27NO2S/c1-3-21-17-8-6-15(7-9-17)4-5-16-10-12-19(13-11-16)18(20)14-22-2/h6-9,16H,3-5,10-14H2,1-2H3. The molecule has 1 saturated heterocycles. The molecule has 0 bridgehead atoms. The Bertz CT molecular complexity index is 453. The van der Waals surface area contributed by atoms with Crippen LogP contribution in [0.25, 0.3) is 0 Å². The van der Waals surface area contributed by atoms with E-state index in [-0.39, 0.29) is 0 Å². The van der Waals surface area contributed by atoms with Crippen LogP contribution in [0.5, 0.6) is 5.75 Å². The fourth-order valence-corrected chi connectivity index (χ4v) is 3.41. The van der Waals surface area contributed by atoms with Crippen molar-refractivity contribution in [3.8, 4) is 5.75 Å². The molecule has 0 unspecified atom stereocenters. The summed E-state index contributed by atoms with van der Waals surface area (Å²) in [7, 11) is 0. The number of carbonyl (C=O) groups excluding carboxylic acids is 1. The fraction of sp³-hybridized carbons (Fsp3) is 0.611. The highest BCUT2D eigenvalue weighted by Crippen LogP contribution is 2.23. The zero-order valence-electron chi connectivity index (χ0n) is 13.7. The van der Waals surface area contributed by atoms with Gasteiger partial charge in [0, 0.05) is 13.1 Å². The van der Waals surface area contributed by atoms with Gasteiger partial charge in [0.2, 0.25) is 5.91 Å². The summed E-state index contributed by atoms with van der Waals surface area (Å²) in [6, 6.07) is 8.45. The van der Waals surface area contributed by atoms with Crippen LogP contribution in [0, 0.1) is 5.92 Å². The van der Waals surface area contributed by atoms with Crippen molar-refractivity contribution in [2.75, 3.05) is 31.7 Å². The number of hydrogen-bond acceptors (Lipinski definition) is 3. The van der Waals surface area contributed by atoms with Crippen LogP contribution in [0.15, 0.2) is 24.3 Å². The number of ether oxygens (including phenoxy) is 1. The first-order valence-electron chi connectivity index (χ1n) is 8.21. The third-order valence-corrected chi connectivity index (χ3v) is 4.85. The summed E-state index contributed by atoms with van der Waals surface area (Å²) in [4.78, 5) is 13.9. The van der Waals surface area contributed by atoms with Crippen LogP contribution in [0.2, 0.25) is 0 Å². The Morgan fingerprint density at radius 2 is 1.95 bits per heavy atom. The van der Waals surface area contributed by atoms with E-state index < -0.39 is 0 Å². The topological polar surface area (TPSA) is 29.5 Å². The van der Waals surface area contributed by atoms with E-state index in [1.54, 1.807) is 11.8 Å². The summed E-state index contributed by atoms with van der Waals surface area (Å²) in [6.07, 6.45) is 6.63. The van der Waals surface area contributed by atoms with Crippen molar-refractivity contribution < 1.29 is 9.53 Å². The van der Waals surface area contributed by atoms with E-state index in [1.807, 2.05) is 18.1 Å². The molecule has 0 saturated carbocycles. The molecule has 0 aliphatic carbocycles. The average molecular weight is 321 g/mol. The zero-order chi connectivity index (χ0) is 15.8. The Hall–Kier alpha value is -1.16. The van der Waals surface area contributed by atoms with Crippen molar-refractivity contribution in [3.05, 3.63) is 29.8 Å². The number of carbonyl (C=O) groups is 1. The van der Waals surface area contributed by atoms with Gasteiger partial charge < -0.3 is 9.64 Å². The molecule has 0 spiro atoms. The summed E-state index contributed by atoms with van der Waals surface area (Å²) in [6.45, 7) is 4.60. The molecular formula is C18H27NO2S. The van der Waals surface area contributed by atoms with Crippen LogP contribution < -0.4 is 4.74 Å². The van der Waals surface area contributed by atoms with Gasteiger partial charge in [-0.1, -0.05) is 12.1 Å². The lowest BCUT2D eigenvalue weighted by atomic mass is 9.90. The highest BCUT2D eigenvalue weighted by Gasteiger charge is 2.22. The molecule has 1 amide bonds. The van der Waals surface area contributed by atoms with Crippen molar-refractivity contribution in [1.82, 2.24) is 4.90 Å². The van der Waals surface area contributed by atoms with E-state index in [0.717, 1.165) is 44.0 Å². The van der Waals surface area contributed by atoms with Crippen LogP contribution in [0.1, 0.15) is 31.7 Å². The monoisotopic (exact) mass is 321 g/mol. The minimum absolute atomic E-state index is 0.303. The third kappa shape index (κ3) is 5.24. The first-order chi connectivity index (χ1) is 10.7. The number of rotatable bonds is 7. The lowest BCUT2D eigenvalue weighted by Gasteiger charge is -2.32. The zero-order valence-corrected chi connectivity index (χ0v) is 14.5. The second-order valence-corrected chi connectivity index (χ2v) is 6.74. The quantitative estimate of drug-likeness (QED) is 0.768. The van der Waals surface area contributed by atoms with E-state index in [4.69, 9.17) is 4.74 Å². The Morgan fingerprint density at radius 3 is 2.55 bits per heavy atom. The van der Waals surface area contributed by atoms with Gasteiger partial charge in [-0.05, 0) is 62.5 Å². The minimum Gasteiger partial charge on any atom is -0.494 e. The number of hydrogen-bond donors (Lipinski definition) is 0. The van der Waals surface area contributed by atoms with Gasteiger partial charge in [0.15, 0.2) is 0 Å². The number of aryl methyl sites for hydroxylation is 1. The number of likely N-dealkylation sites (tertiary alicyclic amines) is 1. The van der Waals surface area contributed by atoms with Crippen LogP contribution in [-0.4, -0.2) is 42.5 Å². The van der Waals surface area contributed by atoms with E-state index in [9.17, 15) is 4.79 Å². The molecule has 1 aromatic carbocycles. The molecule has 1 fully saturated rings. The predicted octanol–water partition coefficient (Wildman–Crippen LogP) is 3.62. The molecule has 3 nitrogen and oxygen atoms in total. The minimum atomic E-state index is 0.303. The van der Waals surface area contributed by atoms with Gasteiger partial charge in [-0.15, -0.1) is 0 Å². The average Bonchev–Trinajstić information content (AvgIpc) is 2.55. The van der Waals surface area contributed by atoms with Gasteiger partial charge in [0.1, 0.15) is 5.75 Å². The maximum atomic E-state index is 11.9. The van der Waals surface area contributed by atoms with Crippen molar-refractivity contribution in [1.29, 1.82) is 0 Å². The van der Waals surface area contributed by atoms with Crippen molar-refractivity contribution in [2.45, 2.75) is 32.6 Å². The second kappa shape index (κ2) is 9.09. The first kappa shape index (κ1) is 17.2. The van der Waals surface area contributed by atoms with Gasteiger partial charge >= 0.3 is 0 Å². The Balaban J connectivity index is 1.71. The summed E-state index contributed by atoms with van der Waals surface area (Å²) in [5.41, 5.74) is 1.38. The van der Waals surface area contributed by atoms with Gasteiger partial charge in [0.05, 0.1) is 12.4 Å². The molecule has 1 aliphatic rings. The summed E-state index contributed by atoms with van der Waals surface area (Å²) < 4.78 is 5.47. The second-order valence-electron chi connectivity index (χ2n) is 5.87. The molecular weight excluding hydrogens is 294 g/mol. The molecule has 22 heavy (non-hydrogen) atoms. The number of piperidine rings is 1. The molecule has 1 aromatic rings. The van der Waals surface area contributed by atoms with E-state index in [0.29, 0.717) is 18.3 Å². The highest BCUT2D eigenvalue weighted by atomic mass is 32.2. The maximum Gasteiger partial charge on any atom is 0.232 e. The van der Waals surface area contributed by atoms with Gasteiger partial charge in [-0.3, -0.25) is 4.79 Å². The Morgan fingerprint density at radius 1 is 1.27 bits per heavy atom. The number of nitrogens with zero attached hydrogens (tertiary/aromatic N) is 1. The molecule has 1 aliphatic heterocycles. The van der Waals surface area contributed by atoms with Crippen molar-refractivity contribution in [2.24, 2.45) is 5.92 Å². The SMILES string of the molecule is CCOc1ccc(CCC2CCN(C(=O)CSC)CC2)cc1. The van der Waals surface area contributed by atoms with E-state index in [2.05, 4.69) is 24.3 Å². The van der Waals surface area contributed by atoms with Crippen LogP contribution in [0.4, 0.5) is 0 Å². The van der Waals surface area contributed by atoms with Crippen LogP contribution in [-0.2, 0) is 11.2 Å². The van der Waals surface area contributed by atoms with E-state index >= 15 is 0 Å². The molecule has 1 heterocycles. The summed E-state index contributed by atoms with van der Waals surface area (Å²) >= 11 is 1.61. The predicted molar refractivity (Wildman–Crippen MR) is 93.6 cm³/mol. The smallest absolute Gasteiger partial charge is 0.232 e. The summed E-state index contributed by atoms with van der Waals surface area (Å²) in [5, 5.41) is 0. The van der Waals surface area contributed by atoms with Crippen molar-refractivity contribution >= 4 is 17.7 Å². The molecule has 0 aromatic heterocycles. The largest absolute Gasteiger partial charge is 0.494 e. The third-order valence-electron chi connectivity index (χ3n) is 4.31. The number of thioether (sulfide) groups is 1. The highest BCUT2D eigenvalue weighted by molar-refractivity contribution is 7.99. The fourth-order valence-electron chi connectivity index (χ4n) is 2.98. The molecule has 0 N–H and O–H groups in total. The molecule has 0 atom stereocenters. The lowest BCUT2D eigenvalue weighted by molar-refractivity contribution is -0.129. The molecule has 2 rings (SSSR count). The lowest BCUT2D eigenvalue weighted by Crippen LogP contribution is -2.39.